The van der Waals surface area contributed by atoms with E-state index < -0.39 is 0 Å². The Morgan fingerprint density at radius 1 is 1.27 bits per heavy atom. The summed E-state index contributed by atoms with van der Waals surface area (Å²) in [6, 6.07) is 4.97. The largest absolute Gasteiger partial charge is 0.379 e. The molecule has 0 unspecified atom stereocenters. The van der Waals surface area contributed by atoms with Crippen molar-refractivity contribution in [2.45, 2.75) is 25.6 Å². The lowest BCUT2D eigenvalue weighted by atomic mass is 10.1. The molecule has 7 heteroatoms. The fraction of sp³-hybridized carbons (Fsp3) is 0.632. The standard InChI is InChI=1S/C19H31FN4OS/c1-3-21-19(22-7-4-8-24-9-11-25-12-10-24)23-14-16-5-6-18(20)13-17(16)15-26-2/h5-6,13H,3-4,7-12,14-15H2,1-2H3,(H2,21,22,23). The molecule has 0 spiro atoms. The van der Waals surface area contributed by atoms with Gasteiger partial charge in [-0.1, -0.05) is 6.07 Å². The number of nitrogens with zero attached hydrogens (tertiary/aromatic N) is 2. The van der Waals surface area contributed by atoms with Gasteiger partial charge in [0.1, 0.15) is 5.82 Å². The van der Waals surface area contributed by atoms with Gasteiger partial charge in [-0.2, -0.15) is 11.8 Å². The zero-order chi connectivity index (χ0) is 18.6. The first-order chi connectivity index (χ1) is 12.7. The van der Waals surface area contributed by atoms with Crippen LogP contribution in [0.4, 0.5) is 4.39 Å². The summed E-state index contributed by atoms with van der Waals surface area (Å²) in [5.74, 6) is 1.43. The average Bonchev–Trinajstić information content (AvgIpc) is 2.65. The van der Waals surface area contributed by atoms with Gasteiger partial charge in [0, 0.05) is 31.9 Å². The highest BCUT2D eigenvalue weighted by atomic mass is 32.2. The molecule has 0 aromatic heterocycles. The van der Waals surface area contributed by atoms with Crippen molar-refractivity contribution in [1.29, 1.82) is 0 Å². The molecule has 1 aromatic carbocycles. The molecule has 1 saturated heterocycles. The first-order valence-corrected chi connectivity index (χ1v) is 10.7. The monoisotopic (exact) mass is 382 g/mol. The molecule has 26 heavy (non-hydrogen) atoms. The molecule has 5 nitrogen and oxygen atoms in total. The number of benzene rings is 1. The third kappa shape index (κ3) is 7.51. The van der Waals surface area contributed by atoms with Crippen molar-refractivity contribution in [2.24, 2.45) is 4.99 Å². The van der Waals surface area contributed by atoms with Crippen molar-refractivity contribution < 1.29 is 9.13 Å². The van der Waals surface area contributed by atoms with Crippen LogP contribution in [-0.2, 0) is 17.0 Å². The van der Waals surface area contributed by atoms with E-state index >= 15 is 0 Å². The number of ether oxygens (including phenoxy) is 1. The molecule has 1 aromatic rings. The predicted molar refractivity (Wildman–Crippen MR) is 108 cm³/mol. The van der Waals surface area contributed by atoms with E-state index in [0.717, 1.165) is 75.2 Å². The van der Waals surface area contributed by atoms with Crippen molar-refractivity contribution in [2.75, 3.05) is 52.2 Å². The molecular formula is C19H31FN4OS. The zero-order valence-corrected chi connectivity index (χ0v) is 16.7. The second kappa shape index (κ2) is 12.1. The van der Waals surface area contributed by atoms with Crippen molar-refractivity contribution in [1.82, 2.24) is 15.5 Å². The Morgan fingerprint density at radius 2 is 2.08 bits per heavy atom. The van der Waals surface area contributed by atoms with Gasteiger partial charge in [-0.15, -0.1) is 0 Å². The van der Waals surface area contributed by atoms with Crippen LogP contribution in [0.1, 0.15) is 24.5 Å². The number of hydrogen-bond acceptors (Lipinski definition) is 4. The van der Waals surface area contributed by atoms with Gasteiger partial charge in [0.15, 0.2) is 5.96 Å². The Labute approximate surface area is 160 Å². The molecule has 2 rings (SSSR count). The minimum atomic E-state index is -0.185. The van der Waals surface area contributed by atoms with Crippen LogP contribution in [0.5, 0.6) is 0 Å². The number of thioether (sulfide) groups is 1. The second-order valence-corrected chi connectivity index (χ2v) is 7.14. The summed E-state index contributed by atoms with van der Waals surface area (Å²) < 4.78 is 18.8. The van der Waals surface area contributed by atoms with E-state index in [1.54, 1.807) is 17.8 Å². The summed E-state index contributed by atoms with van der Waals surface area (Å²) in [6.07, 6.45) is 3.09. The first kappa shape index (κ1) is 21.0. The third-order valence-electron chi connectivity index (χ3n) is 4.27. The van der Waals surface area contributed by atoms with Crippen LogP contribution in [0.25, 0.3) is 0 Å². The molecular weight excluding hydrogens is 351 g/mol. The third-order valence-corrected chi connectivity index (χ3v) is 4.87. The smallest absolute Gasteiger partial charge is 0.191 e. The van der Waals surface area contributed by atoms with Gasteiger partial charge < -0.3 is 15.4 Å². The van der Waals surface area contributed by atoms with Crippen LogP contribution in [-0.4, -0.2) is 63.1 Å². The van der Waals surface area contributed by atoms with Crippen LogP contribution in [0.3, 0.4) is 0 Å². The molecule has 2 N–H and O–H groups in total. The molecule has 0 bridgehead atoms. The molecule has 0 amide bonds. The van der Waals surface area contributed by atoms with E-state index in [4.69, 9.17) is 4.74 Å². The second-order valence-electron chi connectivity index (χ2n) is 6.28. The fourth-order valence-electron chi connectivity index (χ4n) is 2.88. The van der Waals surface area contributed by atoms with Gasteiger partial charge in [-0.3, -0.25) is 4.90 Å². The van der Waals surface area contributed by atoms with Crippen molar-refractivity contribution in [3.05, 3.63) is 35.1 Å². The van der Waals surface area contributed by atoms with Gasteiger partial charge >= 0.3 is 0 Å². The van der Waals surface area contributed by atoms with E-state index in [2.05, 4.69) is 27.4 Å². The molecule has 1 heterocycles. The highest BCUT2D eigenvalue weighted by molar-refractivity contribution is 7.97. The quantitative estimate of drug-likeness (QED) is 0.390. The van der Waals surface area contributed by atoms with Gasteiger partial charge in [0.2, 0.25) is 0 Å². The highest BCUT2D eigenvalue weighted by Gasteiger charge is 2.09. The molecule has 1 aliphatic rings. The molecule has 1 fully saturated rings. The normalized spacial score (nSPS) is 15.9. The van der Waals surface area contributed by atoms with E-state index in [1.807, 2.05) is 12.3 Å². The Hall–Kier alpha value is -1.31. The first-order valence-electron chi connectivity index (χ1n) is 9.31. The van der Waals surface area contributed by atoms with Gasteiger partial charge in [-0.05, 0) is 49.4 Å². The SMILES string of the molecule is CCNC(=NCc1ccc(F)cc1CSC)NCCCN1CCOCC1. The molecule has 0 saturated carbocycles. The van der Waals surface area contributed by atoms with Crippen molar-refractivity contribution >= 4 is 17.7 Å². The number of rotatable bonds is 9. The topological polar surface area (TPSA) is 48.9 Å². The minimum Gasteiger partial charge on any atom is -0.379 e. The van der Waals surface area contributed by atoms with E-state index in [-0.39, 0.29) is 5.82 Å². The minimum absolute atomic E-state index is 0.185. The molecule has 1 aliphatic heterocycles. The van der Waals surface area contributed by atoms with Crippen LogP contribution >= 0.6 is 11.8 Å². The Bertz CT molecular complexity index is 564. The summed E-state index contributed by atoms with van der Waals surface area (Å²) in [7, 11) is 0. The Kier molecular flexibility index (Phi) is 9.81. The highest BCUT2D eigenvalue weighted by Crippen LogP contribution is 2.17. The van der Waals surface area contributed by atoms with Crippen LogP contribution in [0.15, 0.2) is 23.2 Å². The summed E-state index contributed by atoms with van der Waals surface area (Å²) in [5, 5.41) is 6.68. The lowest BCUT2D eigenvalue weighted by Crippen LogP contribution is -2.40. The number of halogens is 1. The predicted octanol–water partition coefficient (Wildman–Crippen LogP) is 2.47. The number of guanidine groups is 1. The van der Waals surface area contributed by atoms with Gasteiger partial charge in [-0.25, -0.2) is 9.38 Å². The van der Waals surface area contributed by atoms with Crippen LogP contribution in [0, 0.1) is 5.82 Å². The van der Waals surface area contributed by atoms with E-state index in [1.165, 1.54) is 6.07 Å². The number of nitrogens with one attached hydrogen (secondary N) is 2. The molecule has 0 atom stereocenters. The van der Waals surface area contributed by atoms with Gasteiger partial charge in [0.25, 0.3) is 0 Å². The fourth-order valence-corrected chi connectivity index (χ4v) is 3.46. The van der Waals surface area contributed by atoms with Crippen molar-refractivity contribution in [3.63, 3.8) is 0 Å². The summed E-state index contributed by atoms with van der Waals surface area (Å²) in [6.45, 7) is 9.11. The van der Waals surface area contributed by atoms with E-state index in [0.29, 0.717) is 6.54 Å². The summed E-state index contributed by atoms with van der Waals surface area (Å²) >= 11 is 1.69. The molecule has 0 radical (unpaired) electrons. The van der Waals surface area contributed by atoms with Gasteiger partial charge in [0.05, 0.1) is 19.8 Å². The number of aliphatic imine (C=N–C) groups is 1. The number of morpholine rings is 1. The van der Waals surface area contributed by atoms with Crippen LogP contribution in [0.2, 0.25) is 0 Å². The average molecular weight is 383 g/mol. The maximum atomic E-state index is 13.5. The van der Waals surface area contributed by atoms with Crippen LogP contribution < -0.4 is 10.6 Å². The lowest BCUT2D eigenvalue weighted by molar-refractivity contribution is 0.0376. The summed E-state index contributed by atoms with van der Waals surface area (Å²) in [4.78, 5) is 7.10. The summed E-state index contributed by atoms with van der Waals surface area (Å²) in [5.41, 5.74) is 2.09. The maximum Gasteiger partial charge on any atom is 0.191 e. The molecule has 146 valence electrons. The van der Waals surface area contributed by atoms with E-state index in [9.17, 15) is 4.39 Å². The maximum absolute atomic E-state index is 13.5. The molecule has 0 aliphatic carbocycles. The lowest BCUT2D eigenvalue weighted by Gasteiger charge is -2.26. The zero-order valence-electron chi connectivity index (χ0n) is 15.9. The number of hydrogen-bond donors (Lipinski definition) is 2. The van der Waals surface area contributed by atoms with Crippen molar-refractivity contribution in [3.8, 4) is 0 Å². The Balaban J connectivity index is 1.83. The Morgan fingerprint density at radius 3 is 2.81 bits per heavy atom.